The van der Waals surface area contributed by atoms with E-state index in [4.69, 9.17) is 67.5 Å². The summed E-state index contributed by atoms with van der Waals surface area (Å²) in [4.78, 5) is 47.5. The van der Waals surface area contributed by atoms with E-state index in [-0.39, 0.29) is 47.2 Å². The van der Waals surface area contributed by atoms with Crippen LogP contribution in [-0.2, 0) is 50.8 Å². The molecule has 12 heterocycles. The largest absolute Gasteiger partial charge is 0.495 e. The Kier molecular flexibility index (Phi) is 28.9. The standard InChI is InChI=1S/C21H24N6O2S.C14H19ClN4O2S.C13H17BN2O2.C11H10ClN3O2S.C4H10O3.C3H9NO/c1-13(28)10-22-11-14-9-18-19(30-14)21(27-5-7-29-8-6-27)25-20(24-18)15-3-2-4-17-16(15)12-23-26-17;1-9(20)7-16-8-10-6-11-12(22-10)13(18-14(15)17-11)19-2-4-21-5-3-19;1-12(2)13(3,4)18-14(17-12)10-6-5-7-11-9(10)8-15-16-11;12-11-13-8-5-7(6-16)18-9(8)10(14-11)15-1-3-17-4-2-15;1-5-4(6-2)7-3;1-3(5)2-4/h2-4,9,12-13,22,28H,5-8,10-11H2,1H3,(H,23,26);6,9,16,20H,2-5,7-8H2,1H3;5-8H,1-4H3,(H,15,16);5-6H,1-4H2;4H,1-3H3;3,5H,2,4H2,1H3/t13-;9-;;;;3-/m00...0/s1. The molecule has 0 amide bonds. The van der Waals surface area contributed by atoms with Gasteiger partial charge in [0.25, 0.3) is 6.48 Å². The predicted octanol–water partition coefficient (Wildman–Crippen LogP) is 7.58. The summed E-state index contributed by atoms with van der Waals surface area (Å²) in [6.07, 6.45) is 3.40. The van der Waals surface area contributed by atoms with Crippen LogP contribution in [0.25, 0.3) is 63.8 Å². The third-order valence-corrected chi connectivity index (χ3v) is 19.9. The van der Waals surface area contributed by atoms with Crippen LogP contribution in [0.1, 0.15) is 67.9 Å². The van der Waals surface area contributed by atoms with Crippen LogP contribution in [-0.4, -0.2) is 235 Å². The average Bonchev–Trinajstić information content (AvgIpc) is 1.58. The number of carbonyl (C=O) groups excluding carboxylic acids is 1. The average molecular weight is 1480 g/mol. The number of aliphatic hydroxyl groups excluding tert-OH is 3. The number of benzene rings is 2. The molecule has 4 saturated heterocycles. The molecular weight excluding hydrogens is 1390 g/mol. The zero-order valence-corrected chi connectivity index (χ0v) is 61.8. The summed E-state index contributed by atoms with van der Waals surface area (Å²) in [7, 11) is 4.20. The highest BCUT2D eigenvalue weighted by Crippen LogP contribution is 2.39. The van der Waals surface area contributed by atoms with E-state index in [9.17, 15) is 15.0 Å². The number of nitrogens with two attached hydrogens (primary N) is 1. The first-order valence-electron chi connectivity index (χ1n) is 32.7. The van der Waals surface area contributed by atoms with E-state index >= 15 is 0 Å². The van der Waals surface area contributed by atoms with Gasteiger partial charge in [0, 0.05) is 119 Å². The number of anilines is 3. The van der Waals surface area contributed by atoms with Crippen LogP contribution in [0.2, 0.25) is 10.6 Å². The van der Waals surface area contributed by atoms with Crippen LogP contribution in [0, 0.1) is 0 Å². The summed E-state index contributed by atoms with van der Waals surface area (Å²) in [5.41, 5.74) is 10.8. The Labute approximate surface area is 602 Å². The zero-order valence-electron chi connectivity index (χ0n) is 57.8. The highest BCUT2D eigenvalue weighted by molar-refractivity contribution is 7.21. The van der Waals surface area contributed by atoms with Crippen molar-refractivity contribution in [2.45, 2.75) is 97.5 Å². The molecule has 4 fully saturated rings. The quantitative estimate of drug-likeness (QED) is 0.0177. The van der Waals surface area contributed by atoms with Gasteiger partial charge in [-0.15, -0.1) is 34.0 Å². The third-order valence-electron chi connectivity index (χ3n) is 16.3. The number of ether oxygens (including phenoxy) is 6. The highest BCUT2D eigenvalue weighted by Gasteiger charge is 2.52. The molecule has 3 atom stereocenters. The predicted molar refractivity (Wildman–Crippen MR) is 396 cm³/mol. The molecule has 8 aromatic heterocycles. The Bertz CT molecular complexity index is 4180. The molecule has 10 aromatic rings. The molecule has 0 spiro atoms. The summed E-state index contributed by atoms with van der Waals surface area (Å²) in [6, 6.07) is 18.0. The van der Waals surface area contributed by atoms with Crippen molar-refractivity contribution >= 4 is 146 Å². The number of hydrogen-bond acceptors (Lipinski definition) is 29. The van der Waals surface area contributed by atoms with E-state index in [0.29, 0.717) is 83.1 Å². The number of aliphatic hydroxyl groups is 3. The van der Waals surface area contributed by atoms with Crippen LogP contribution in [0.5, 0.6) is 0 Å². The lowest BCUT2D eigenvalue weighted by atomic mass is 9.77. The SMILES string of the molecule is CC1(C)OB(c2cccc3[nH]ncc23)OC1(C)C.COC(OC)OC.C[C@H](O)CN.C[C@H](O)CNCc1cc2nc(-c3cccc4[nH]ncc34)nc(N3CCOCC3)c2s1.C[C@H](O)CNCc1cc2nc(Cl)nc(N3CCOCC3)c2s1.O=Cc1cc2nc(Cl)nc(N3CCOCC3)c2s1. The lowest BCUT2D eigenvalue weighted by molar-refractivity contribution is -0.252. The normalized spacial score (nSPS) is 16.8. The van der Waals surface area contributed by atoms with Gasteiger partial charge < -0.3 is 84.1 Å². The van der Waals surface area contributed by atoms with E-state index in [1.54, 1.807) is 49.5 Å². The van der Waals surface area contributed by atoms with Gasteiger partial charge in [0.15, 0.2) is 29.6 Å². The molecule has 0 radical (unpaired) electrons. The molecule has 100 heavy (non-hydrogen) atoms. The second-order valence-electron chi connectivity index (χ2n) is 24.6. The molecule has 0 bridgehead atoms. The Hall–Kier alpha value is -6.35. The Morgan fingerprint density at radius 1 is 0.610 bits per heavy atom. The topological polar surface area (TPSA) is 346 Å². The van der Waals surface area contributed by atoms with Crippen molar-refractivity contribution in [3.63, 3.8) is 0 Å². The maximum atomic E-state index is 10.8. The number of thiophene rings is 3. The number of nitrogens with zero attached hydrogens (tertiary/aromatic N) is 11. The summed E-state index contributed by atoms with van der Waals surface area (Å²) < 4.78 is 45.3. The first-order chi connectivity index (χ1) is 48.1. The number of hydrogen-bond donors (Lipinski definition) is 8. The fourth-order valence-corrected chi connectivity index (χ4v) is 14.0. The van der Waals surface area contributed by atoms with Crippen LogP contribution in [0.4, 0.5) is 17.5 Å². The van der Waals surface area contributed by atoms with E-state index in [2.05, 4.69) is 114 Å². The van der Waals surface area contributed by atoms with Crippen LogP contribution in [0.3, 0.4) is 0 Å². The Balaban J connectivity index is 0.000000150. The van der Waals surface area contributed by atoms with E-state index in [1.165, 1.54) is 37.5 Å². The molecule has 34 heteroatoms. The Morgan fingerprint density at radius 3 is 1.47 bits per heavy atom. The minimum Gasteiger partial charge on any atom is -0.399 e. The molecule has 9 N–H and O–H groups in total. The number of aromatic amines is 2. The lowest BCUT2D eigenvalue weighted by Gasteiger charge is -2.32. The number of aldehydes is 1. The van der Waals surface area contributed by atoms with Crippen molar-refractivity contribution in [1.29, 1.82) is 0 Å². The van der Waals surface area contributed by atoms with Crippen molar-refractivity contribution in [3.8, 4) is 11.4 Å². The minimum absolute atomic E-state index is 0.208. The smallest absolute Gasteiger partial charge is 0.399 e. The maximum Gasteiger partial charge on any atom is 0.495 e. The van der Waals surface area contributed by atoms with Gasteiger partial charge in [-0.1, -0.05) is 24.3 Å². The van der Waals surface area contributed by atoms with E-state index in [1.807, 2.05) is 54.9 Å². The first-order valence-corrected chi connectivity index (χ1v) is 35.9. The van der Waals surface area contributed by atoms with Crippen molar-refractivity contribution in [1.82, 2.24) is 60.9 Å². The van der Waals surface area contributed by atoms with Gasteiger partial charge >= 0.3 is 7.12 Å². The summed E-state index contributed by atoms with van der Waals surface area (Å²) in [6.45, 7) is 24.8. The number of nitrogens with one attached hydrogen (secondary N) is 4. The number of rotatable bonds is 18. The van der Waals surface area contributed by atoms with Crippen molar-refractivity contribution in [2.75, 3.05) is 135 Å². The molecule has 0 saturated carbocycles. The molecule has 4 aliphatic heterocycles. The molecular formula is C66H89BCl2N16O12S3. The lowest BCUT2D eigenvalue weighted by Crippen LogP contribution is -2.41. The van der Waals surface area contributed by atoms with E-state index < -0.39 is 6.48 Å². The van der Waals surface area contributed by atoms with Gasteiger partial charge in [-0.2, -0.15) is 20.2 Å². The molecule has 0 aliphatic carbocycles. The molecule has 28 nitrogen and oxygen atoms in total. The van der Waals surface area contributed by atoms with Crippen molar-refractivity contribution in [3.05, 3.63) is 92.2 Å². The van der Waals surface area contributed by atoms with Gasteiger partial charge in [0.05, 0.1) is 128 Å². The molecule has 14 rings (SSSR count). The zero-order chi connectivity index (χ0) is 71.5. The number of methoxy groups -OCH3 is 3. The van der Waals surface area contributed by atoms with Crippen LogP contribution < -0.4 is 36.5 Å². The monoisotopic (exact) mass is 1470 g/mol. The van der Waals surface area contributed by atoms with Crippen LogP contribution >= 0.6 is 57.2 Å². The number of aromatic nitrogens is 10. The van der Waals surface area contributed by atoms with Crippen molar-refractivity contribution in [2.24, 2.45) is 5.73 Å². The third kappa shape index (κ3) is 20.7. The molecule has 2 aromatic carbocycles. The highest BCUT2D eigenvalue weighted by atomic mass is 35.5. The first kappa shape index (κ1) is 77.8. The van der Waals surface area contributed by atoms with Gasteiger partial charge in [-0.3, -0.25) is 15.0 Å². The molecule has 540 valence electrons. The fraction of sp³-hybridized carbons (Fsp3) is 0.500. The van der Waals surface area contributed by atoms with E-state index in [0.717, 1.165) is 131 Å². The van der Waals surface area contributed by atoms with Gasteiger partial charge in [-0.05, 0) is 107 Å². The minimum atomic E-state index is -0.514. The molecule has 0 unspecified atom stereocenters. The fourth-order valence-electron chi connectivity index (χ4n) is 10.6. The second-order valence-corrected chi connectivity index (χ2v) is 28.6. The summed E-state index contributed by atoms with van der Waals surface area (Å²) in [5, 5.41) is 50.3. The van der Waals surface area contributed by atoms with Gasteiger partial charge in [-0.25, -0.2) is 19.9 Å². The number of halogens is 2. The Morgan fingerprint density at radius 2 is 1.03 bits per heavy atom. The molecule has 4 aliphatic rings. The number of fused-ring (bicyclic) bond motifs is 5. The second kappa shape index (κ2) is 37.2. The van der Waals surface area contributed by atoms with Gasteiger partial charge in [0.1, 0.15) is 0 Å². The number of carbonyl (C=O) groups is 1. The summed E-state index contributed by atoms with van der Waals surface area (Å²) >= 11 is 16.8. The number of morpholine rings is 3. The summed E-state index contributed by atoms with van der Waals surface area (Å²) in [5.74, 6) is 3.36. The number of H-pyrrole nitrogens is 2. The maximum absolute atomic E-state index is 10.8. The van der Waals surface area contributed by atoms with Gasteiger partial charge in [0.2, 0.25) is 10.6 Å². The van der Waals surface area contributed by atoms with Crippen LogP contribution in [0.15, 0.2) is 67.0 Å². The van der Waals surface area contributed by atoms with Crippen molar-refractivity contribution < 1.29 is 57.8 Å².